The molecule has 0 heterocycles. The van der Waals surface area contributed by atoms with Crippen molar-refractivity contribution >= 4 is 12.0 Å². The molecule has 114 valence electrons. The molecule has 2 amide bonds. The van der Waals surface area contributed by atoms with Gasteiger partial charge in [-0.3, -0.25) is 0 Å². The first kappa shape index (κ1) is 15.4. The van der Waals surface area contributed by atoms with E-state index in [1.165, 1.54) is 31.7 Å². The Hall–Kier alpha value is -2.04. The first-order valence-corrected chi connectivity index (χ1v) is 7.52. The number of carboxylic acid groups (broad SMARTS) is 1. The molecule has 1 fully saturated rings. The van der Waals surface area contributed by atoms with Crippen LogP contribution in [0, 0.1) is 0 Å². The van der Waals surface area contributed by atoms with Gasteiger partial charge in [-0.25, -0.2) is 9.59 Å². The second-order valence-corrected chi connectivity index (χ2v) is 5.52. The van der Waals surface area contributed by atoms with E-state index in [0.29, 0.717) is 6.54 Å². The quantitative estimate of drug-likeness (QED) is 0.746. The second kappa shape index (κ2) is 7.67. The number of amides is 2. The number of hydrogen-bond acceptors (Lipinski definition) is 2. The smallest absolute Gasteiger partial charge is 0.335 e. The standard InChI is InChI=1S/C16H22N2O3/c19-15(20)13-7-5-6-12(10-13)11-17-16(21)18-14-8-3-1-2-4-9-14/h5-7,10,14H,1-4,8-9,11H2,(H,19,20)(H2,17,18,21). The van der Waals surface area contributed by atoms with Gasteiger partial charge in [0.2, 0.25) is 0 Å². The normalized spacial score (nSPS) is 16.0. The van der Waals surface area contributed by atoms with E-state index in [1.807, 2.05) is 0 Å². The van der Waals surface area contributed by atoms with Gasteiger partial charge in [0.05, 0.1) is 5.56 Å². The highest BCUT2D eigenvalue weighted by molar-refractivity contribution is 5.87. The average Bonchev–Trinajstić information content (AvgIpc) is 2.74. The van der Waals surface area contributed by atoms with Gasteiger partial charge in [0.15, 0.2) is 0 Å². The largest absolute Gasteiger partial charge is 0.478 e. The van der Waals surface area contributed by atoms with Gasteiger partial charge < -0.3 is 15.7 Å². The monoisotopic (exact) mass is 290 g/mol. The molecule has 21 heavy (non-hydrogen) atoms. The van der Waals surface area contributed by atoms with Gasteiger partial charge >= 0.3 is 12.0 Å². The van der Waals surface area contributed by atoms with E-state index in [0.717, 1.165) is 18.4 Å². The van der Waals surface area contributed by atoms with Crippen LogP contribution in [0.5, 0.6) is 0 Å². The molecule has 0 atom stereocenters. The topological polar surface area (TPSA) is 78.4 Å². The van der Waals surface area contributed by atoms with Crippen LogP contribution in [0.15, 0.2) is 24.3 Å². The Labute approximate surface area is 124 Å². The van der Waals surface area contributed by atoms with E-state index in [1.54, 1.807) is 18.2 Å². The molecule has 1 saturated carbocycles. The summed E-state index contributed by atoms with van der Waals surface area (Å²) < 4.78 is 0. The minimum Gasteiger partial charge on any atom is -0.478 e. The molecule has 0 aromatic heterocycles. The number of rotatable bonds is 4. The fraction of sp³-hybridized carbons (Fsp3) is 0.500. The molecule has 3 N–H and O–H groups in total. The van der Waals surface area contributed by atoms with Gasteiger partial charge in [0.1, 0.15) is 0 Å². The fourth-order valence-electron chi connectivity index (χ4n) is 2.66. The third-order valence-corrected chi connectivity index (χ3v) is 3.82. The van der Waals surface area contributed by atoms with Crippen molar-refractivity contribution in [1.29, 1.82) is 0 Å². The molecule has 1 aromatic carbocycles. The van der Waals surface area contributed by atoms with E-state index >= 15 is 0 Å². The van der Waals surface area contributed by atoms with Crippen LogP contribution in [-0.2, 0) is 6.54 Å². The number of hydrogen-bond donors (Lipinski definition) is 3. The maximum Gasteiger partial charge on any atom is 0.335 e. The lowest BCUT2D eigenvalue weighted by molar-refractivity contribution is 0.0696. The fourth-order valence-corrected chi connectivity index (χ4v) is 2.66. The molecule has 1 aliphatic carbocycles. The molecule has 0 spiro atoms. The van der Waals surface area contributed by atoms with Crippen LogP contribution in [0.1, 0.15) is 54.4 Å². The third kappa shape index (κ3) is 5.10. The molecule has 5 nitrogen and oxygen atoms in total. The summed E-state index contributed by atoms with van der Waals surface area (Å²) in [7, 11) is 0. The maximum absolute atomic E-state index is 11.9. The minimum atomic E-state index is -0.959. The van der Waals surface area contributed by atoms with Crippen LogP contribution in [-0.4, -0.2) is 23.1 Å². The van der Waals surface area contributed by atoms with Gasteiger partial charge in [0.25, 0.3) is 0 Å². The molecule has 5 heteroatoms. The lowest BCUT2D eigenvalue weighted by Gasteiger charge is -2.16. The van der Waals surface area contributed by atoms with Gasteiger partial charge in [-0.15, -0.1) is 0 Å². The summed E-state index contributed by atoms with van der Waals surface area (Å²) in [6.45, 7) is 0.333. The van der Waals surface area contributed by atoms with E-state index in [9.17, 15) is 9.59 Å². The van der Waals surface area contributed by atoms with Gasteiger partial charge in [0, 0.05) is 12.6 Å². The van der Waals surface area contributed by atoms with Crippen molar-refractivity contribution in [1.82, 2.24) is 10.6 Å². The average molecular weight is 290 g/mol. The molecule has 0 saturated heterocycles. The van der Waals surface area contributed by atoms with Crippen LogP contribution in [0.3, 0.4) is 0 Å². The lowest BCUT2D eigenvalue weighted by atomic mass is 10.1. The minimum absolute atomic E-state index is 0.178. The van der Waals surface area contributed by atoms with E-state index in [-0.39, 0.29) is 17.6 Å². The van der Waals surface area contributed by atoms with Crippen molar-refractivity contribution in [2.75, 3.05) is 0 Å². The SMILES string of the molecule is O=C(NCc1cccc(C(=O)O)c1)NC1CCCCCC1. The van der Waals surface area contributed by atoms with Gasteiger partial charge in [-0.2, -0.15) is 0 Å². The molecule has 1 aromatic rings. The van der Waals surface area contributed by atoms with E-state index in [2.05, 4.69) is 10.6 Å². The molecule has 2 rings (SSSR count). The predicted molar refractivity (Wildman–Crippen MR) is 80.3 cm³/mol. The highest BCUT2D eigenvalue weighted by Gasteiger charge is 2.14. The van der Waals surface area contributed by atoms with Crippen LogP contribution >= 0.6 is 0 Å². The number of carbonyl (C=O) groups is 2. The Bertz CT molecular complexity index is 494. The Morgan fingerprint density at radius 1 is 1.14 bits per heavy atom. The van der Waals surface area contributed by atoms with E-state index in [4.69, 9.17) is 5.11 Å². The third-order valence-electron chi connectivity index (χ3n) is 3.82. The van der Waals surface area contributed by atoms with Crippen molar-refractivity contribution in [2.24, 2.45) is 0 Å². The summed E-state index contributed by atoms with van der Waals surface area (Å²) in [5, 5.41) is 14.7. The van der Waals surface area contributed by atoms with Crippen molar-refractivity contribution in [3.05, 3.63) is 35.4 Å². The predicted octanol–water partition coefficient (Wildman–Crippen LogP) is 2.91. The Kier molecular flexibility index (Phi) is 5.60. The Morgan fingerprint density at radius 2 is 1.86 bits per heavy atom. The van der Waals surface area contributed by atoms with Crippen LogP contribution in [0.4, 0.5) is 4.79 Å². The first-order chi connectivity index (χ1) is 10.1. The molecule has 0 unspecified atom stereocenters. The number of aromatic carboxylic acids is 1. The first-order valence-electron chi connectivity index (χ1n) is 7.52. The zero-order valence-electron chi connectivity index (χ0n) is 12.1. The summed E-state index contributed by atoms with van der Waals surface area (Å²) >= 11 is 0. The van der Waals surface area contributed by atoms with Crippen LogP contribution in [0.25, 0.3) is 0 Å². The number of carbonyl (C=O) groups excluding carboxylic acids is 1. The molecular formula is C16H22N2O3. The Morgan fingerprint density at radius 3 is 2.52 bits per heavy atom. The molecule has 0 bridgehead atoms. The summed E-state index contributed by atoms with van der Waals surface area (Å²) in [5.74, 6) is -0.959. The Balaban J connectivity index is 1.80. The van der Waals surface area contributed by atoms with Gasteiger partial charge in [-0.1, -0.05) is 37.8 Å². The van der Waals surface area contributed by atoms with Gasteiger partial charge in [-0.05, 0) is 30.5 Å². The maximum atomic E-state index is 11.9. The van der Waals surface area contributed by atoms with Crippen molar-refractivity contribution in [3.8, 4) is 0 Å². The molecule has 1 aliphatic rings. The van der Waals surface area contributed by atoms with E-state index < -0.39 is 5.97 Å². The van der Waals surface area contributed by atoms with Crippen molar-refractivity contribution < 1.29 is 14.7 Å². The molecule has 0 aliphatic heterocycles. The molecular weight excluding hydrogens is 268 g/mol. The zero-order chi connectivity index (χ0) is 15.1. The number of urea groups is 1. The van der Waals surface area contributed by atoms with Crippen LogP contribution < -0.4 is 10.6 Å². The highest BCUT2D eigenvalue weighted by atomic mass is 16.4. The lowest BCUT2D eigenvalue weighted by Crippen LogP contribution is -2.41. The summed E-state index contributed by atoms with van der Waals surface area (Å²) in [4.78, 5) is 22.8. The summed E-state index contributed by atoms with van der Waals surface area (Å²) in [5.41, 5.74) is 1.02. The van der Waals surface area contributed by atoms with Crippen molar-refractivity contribution in [2.45, 2.75) is 51.1 Å². The van der Waals surface area contributed by atoms with Crippen molar-refractivity contribution in [3.63, 3.8) is 0 Å². The number of carboxylic acids is 1. The highest BCUT2D eigenvalue weighted by Crippen LogP contribution is 2.17. The molecule has 0 radical (unpaired) electrons. The second-order valence-electron chi connectivity index (χ2n) is 5.52. The summed E-state index contributed by atoms with van der Waals surface area (Å²) in [6, 6.07) is 6.69. The number of benzene rings is 1. The zero-order valence-corrected chi connectivity index (χ0v) is 12.1. The summed E-state index contributed by atoms with van der Waals surface area (Å²) in [6.07, 6.45) is 6.94. The number of nitrogens with one attached hydrogen (secondary N) is 2. The van der Waals surface area contributed by atoms with Crippen LogP contribution in [0.2, 0.25) is 0 Å².